The second-order valence-electron chi connectivity index (χ2n) is 1.22. The van der Waals surface area contributed by atoms with Crippen molar-refractivity contribution in [2.75, 3.05) is 0 Å². The van der Waals surface area contributed by atoms with Crippen LogP contribution in [-0.4, -0.2) is 0 Å². The Morgan fingerprint density at radius 2 is 0.667 bits per heavy atom. The van der Waals surface area contributed by atoms with Crippen LogP contribution in [0.25, 0.3) is 0 Å². The van der Waals surface area contributed by atoms with Crippen LogP contribution in [-0.2, 0) is 0 Å². The highest BCUT2D eigenvalue weighted by Gasteiger charge is 1.54. The molecule has 0 heterocycles. The van der Waals surface area contributed by atoms with Crippen LogP contribution in [0.4, 0.5) is 0 Å². The Labute approximate surface area is 83.3 Å². The van der Waals surface area contributed by atoms with Crippen molar-refractivity contribution in [2.24, 2.45) is 0 Å². The lowest BCUT2D eigenvalue weighted by atomic mass is 10.5. The van der Waals surface area contributed by atoms with Crippen molar-refractivity contribution in [2.45, 2.75) is 0 Å². The third-order valence-electron chi connectivity index (χ3n) is 0.549. The molecule has 0 nitrogen and oxygen atoms in total. The van der Waals surface area contributed by atoms with Gasteiger partial charge < -0.3 is 0 Å². The summed E-state index contributed by atoms with van der Waals surface area (Å²) in [7, 11) is 0. The van der Waals surface area contributed by atoms with Gasteiger partial charge in [0.1, 0.15) is 0 Å². The quantitative estimate of drug-likeness (QED) is 0.405. The van der Waals surface area contributed by atoms with E-state index in [4.69, 9.17) is 0 Å². The first-order valence-corrected chi connectivity index (χ1v) is 3.59. The van der Waals surface area contributed by atoms with E-state index in [1.54, 1.807) is 0 Å². The van der Waals surface area contributed by atoms with E-state index < -0.39 is 0 Å². The van der Waals surface area contributed by atoms with Crippen LogP contribution in [0.2, 0.25) is 0 Å². The van der Waals surface area contributed by atoms with Crippen LogP contribution < -0.4 is 0 Å². The smallest absolute Gasteiger partial charge is 0.0000000554 e. The monoisotopic (exact) mass is 186 g/mol. The highest BCUT2D eigenvalue weighted by Crippen LogP contribution is 1.60. The topological polar surface area (TPSA) is 0 Å². The van der Waals surface area contributed by atoms with Crippen molar-refractivity contribution in [1.82, 2.24) is 0 Å². The Morgan fingerprint density at radius 1 is 0.417 bits per heavy atom. The molecule has 0 unspecified atom stereocenters. The summed E-state index contributed by atoms with van der Waals surface area (Å²) in [6.07, 6.45) is 0. The summed E-state index contributed by atoms with van der Waals surface area (Å²) in [6.45, 7) is 0. The van der Waals surface area contributed by atoms with Gasteiger partial charge in [-0.2, -0.15) is 0 Å². The molecule has 54 valence electrons. The largest absolute Gasteiger partial charge is 0.0912 e. The molecule has 0 saturated heterocycles. The van der Waals surface area contributed by atoms with E-state index in [0.29, 0.717) is 0 Å². The van der Waals surface area contributed by atoms with Gasteiger partial charge in [0, 0.05) is 0 Å². The van der Waals surface area contributed by atoms with Gasteiger partial charge in [-0.1, -0.05) is 25.3 Å². The van der Waals surface area contributed by atoms with Crippen molar-refractivity contribution in [1.29, 1.82) is 0 Å². The number of rotatable bonds is 0. The Morgan fingerprint density at radius 3 is 0.917 bits per heavy atom. The second kappa shape index (κ2) is 9.50. The van der Waals surface area contributed by atoms with Gasteiger partial charge in [0.25, 0.3) is 0 Å². The lowest BCUT2D eigenvalue weighted by molar-refractivity contribution is 2.37. The lowest BCUT2D eigenvalue weighted by Gasteiger charge is -1.54. The molecule has 0 saturated carbocycles. The summed E-state index contributed by atoms with van der Waals surface area (Å²) in [6, 6.07) is 0. The molecule has 0 N–H and O–H groups in total. The van der Waals surface area contributed by atoms with Crippen LogP contribution in [0.15, 0.2) is 0 Å². The molecule has 0 aliphatic heterocycles. The van der Waals surface area contributed by atoms with Gasteiger partial charge in [-0.05, 0) is 57.9 Å². The van der Waals surface area contributed by atoms with E-state index in [-0.39, 0.29) is 0 Å². The SMILES string of the molecule is SC#CC#CC#CC#CC#CS. The van der Waals surface area contributed by atoms with E-state index in [1.807, 2.05) is 0 Å². The Kier molecular flexibility index (Phi) is 8.31. The highest BCUT2D eigenvalue weighted by molar-refractivity contribution is 7.85. The third-order valence-corrected chi connectivity index (χ3v) is 0.773. The lowest BCUT2D eigenvalue weighted by Crippen LogP contribution is -1.52. The van der Waals surface area contributed by atoms with E-state index in [2.05, 4.69) is 83.1 Å². The minimum Gasteiger partial charge on any atom is -0.0912 e. The first-order chi connectivity index (χ1) is 5.91. The fourth-order valence-electron chi connectivity index (χ4n) is 0.243. The molecule has 0 radical (unpaired) electrons. The number of hydrogen-bond acceptors (Lipinski definition) is 2. The van der Waals surface area contributed by atoms with Gasteiger partial charge >= 0.3 is 0 Å². The molecule has 0 aromatic heterocycles. The van der Waals surface area contributed by atoms with Gasteiger partial charge in [0.05, 0.1) is 0 Å². The van der Waals surface area contributed by atoms with Gasteiger partial charge in [-0.3, -0.25) is 0 Å². The predicted octanol–water partition coefficient (Wildman–Crippen LogP) is 0.778. The molecule has 0 rings (SSSR count). The minimum absolute atomic E-state index is 2.31. The Bertz CT molecular complexity index is 389. The standard InChI is InChI=1S/C10H2S2/c11-9-7-5-3-1-2-4-6-8-10-12/h11-12H. The molecular formula is C10H2S2. The first-order valence-electron chi connectivity index (χ1n) is 2.70. The Balaban J connectivity index is 4.07. The third kappa shape index (κ3) is 8.50. The molecule has 0 aromatic carbocycles. The molecule has 2 heteroatoms. The van der Waals surface area contributed by atoms with E-state index in [1.165, 1.54) is 0 Å². The van der Waals surface area contributed by atoms with Crippen molar-refractivity contribution in [3.63, 3.8) is 0 Å². The maximum atomic E-state index is 3.63. The molecule has 0 aliphatic carbocycles. The maximum Gasteiger partial charge on any atom is -0.0000000554 e. The summed E-state index contributed by atoms with van der Waals surface area (Å²) >= 11 is 7.25. The minimum atomic E-state index is 2.31. The average Bonchev–Trinajstić information content (AvgIpc) is 2.10. The van der Waals surface area contributed by atoms with Crippen molar-refractivity contribution in [3.05, 3.63) is 0 Å². The van der Waals surface area contributed by atoms with Crippen LogP contribution in [0.3, 0.4) is 0 Å². The van der Waals surface area contributed by atoms with Crippen molar-refractivity contribution in [3.8, 4) is 57.9 Å². The molecular weight excluding hydrogens is 184 g/mol. The summed E-state index contributed by atoms with van der Waals surface area (Å²) in [5.74, 6) is 19.6. The van der Waals surface area contributed by atoms with Gasteiger partial charge in [-0.15, -0.1) is 0 Å². The molecule has 0 fully saturated rings. The molecule has 0 atom stereocenters. The van der Waals surface area contributed by atoms with Crippen molar-refractivity contribution >= 4 is 25.3 Å². The maximum absolute atomic E-state index is 3.63. The van der Waals surface area contributed by atoms with Crippen LogP contribution in [0, 0.1) is 57.9 Å². The van der Waals surface area contributed by atoms with Gasteiger partial charge in [-0.25, -0.2) is 0 Å². The number of thiol groups is 2. The van der Waals surface area contributed by atoms with Crippen molar-refractivity contribution < 1.29 is 0 Å². The number of hydrogen-bond donors (Lipinski definition) is 2. The molecule has 0 aromatic rings. The van der Waals surface area contributed by atoms with E-state index in [0.717, 1.165) is 0 Å². The molecule has 0 amide bonds. The van der Waals surface area contributed by atoms with Crippen LogP contribution >= 0.6 is 25.3 Å². The second-order valence-corrected chi connectivity index (χ2v) is 1.67. The molecule has 0 spiro atoms. The van der Waals surface area contributed by atoms with E-state index in [9.17, 15) is 0 Å². The van der Waals surface area contributed by atoms with Gasteiger partial charge in [0.2, 0.25) is 0 Å². The summed E-state index contributed by atoms with van der Waals surface area (Å²) in [5, 5.41) is 4.63. The fraction of sp³-hybridized carbons (Fsp3) is 0. The first kappa shape index (κ1) is 10.5. The zero-order chi connectivity index (χ0) is 9.07. The summed E-state index contributed by atoms with van der Waals surface area (Å²) in [5.41, 5.74) is 0. The highest BCUT2D eigenvalue weighted by atomic mass is 32.1. The average molecular weight is 186 g/mol. The Hall–Kier alpha value is -1.50. The van der Waals surface area contributed by atoms with Crippen LogP contribution in [0.5, 0.6) is 0 Å². The molecule has 0 aliphatic rings. The molecule has 12 heavy (non-hydrogen) atoms. The molecule has 0 bridgehead atoms. The normalized spacial score (nSPS) is 3.83. The summed E-state index contributed by atoms with van der Waals surface area (Å²) < 4.78 is 0. The fourth-order valence-corrected chi connectivity index (χ4v) is 0.355. The van der Waals surface area contributed by atoms with E-state index >= 15 is 0 Å². The summed E-state index contributed by atoms with van der Waals surface area (Å²) in [4.78, 5) is 0. The predicted molar refractivity (Wildman–Crippen MR) is 56.9 cm³/mol. The zero-order valence-electron chi connectivity index (χ0n) is 5.89. The van der Waals surface area contributed by atoms with Gasteiger partial charge in [0.15, 0.2) is 0 Å². The van der Waals surface area contributed by atoms with Crippen LogP contribution in [0.1, 0.15) is 0 Å². The zero-order valence-corrected chi connectivity index (χ0v) is 7.68.